The maximum atomic E-state index is 4.09. The number of likely N-dealkylation sites (tertiary alicyclic amines) is 1. The Hall–Kier alpha value is -0.760. The van der Waals surface area contributed by atoms with Crippen molar-refractivity contribution in [1.29, 1.82) is 0 Å². The Morgan fingerprint density at radius 3 is 2.47 bits per heavy atom. The lowest BCUT2D eigenvalue weighted by Crippen LogP contribution is -2.45. The summed E-state index contributed by atoms with van der Waals surface area (Å²) in [7, 11) is 0. The number of nitrogens with zero attached hydrogens (tertiary/aromatic N) is 1. The number of unbranched alkanes of at least 4 members (excludes halogenated alkanes) is 1. The van der Waals surface area contributed by atoms with Gasteiger partial charge in [0.15, 0.2) is 0 Å². The molecule has 3 heterocycles. The smallest absolute Gasteiger partial charge is 0.0265 e. The van der Waals surface area contributed by atoms with Gasteiger partial charge in [-0.2, -0.15) is 0 Å². The Morgan fingerprint density at radius 2 is 1.64 bits per heavy atom. The van der Waals surface area contributed by atoms with Crippen molar-refractivity contribution < 1.29 is 0 Å². The third kappa shape index (κ3) is 7.42. The molecule has 5 rings (SSSR count). The Bertz CT molecular complexity index is 969. The number of nitrogens with one attached hydrogen (secondary N) is 3. The first-order valence-corrected chi connectivity index (χ1v) is 15.7. The Morgan fingerprint density at radius 1 is 0.861 bits per heavy atom. The van der Waals surface area contributed by atoms with Gasteiger partial charge >= 0.3 is 0 Å². The van der Waals surface area contributed by atoms with Crippen LogP contribution in [0.3, 0.4) is 0 Å². The third-order valence-electron chi connectivity index (χ3n) is 8.59. The topological polar surface area (TPSA) is 39.3 Å². The highest BCUT2D eigenvalue weighted by Crippen LogP contribution is 2.33. The standard InChI is InChI=1S/C30H42Br2N4/c31-25-7-3-5-22(17-25)19-33-15-2-1-9-27-11-13-28(35-27)24-10-12-29-30(14-16-34-29)36(21-24)20-23-6-4-8-26(32)18-23/h3-8,17-18,24,27-30,33-35H,1-2,9-16,19-21H2/t24?,27-,28?,29+,30+/m0/s1. The molecular weight excluding hydrogens is 576 g/mol. The van der Waals surface area contributed by atoms with Crippen molar-refractivity contribution >= 4 is 31.9 Å². The molecule has 3 saturated heterocycles. The van der Waals surface area contributed by atoms with Crippen molar-refractivity contribution in [1.82, 2.24) is 20.9 Å². The van der Waals surface area contributed by atoms with Gasteiger partial charge in [-0.1, -0.05) is 62.5 Å². The van der Waals surface area contributed by atoms with Crippen molar-refractivity contribution in [3.05, 3.63) is 68.6 Å². The van der Waals surface area contributed by atoms with E-state index >= 15 is 0 Å². The molecular formula is C30H42Br2N4. The van der Waals surface area contributed by atoms with Gasteiger partial charge in [-0.05, 0) is 99.3 Å². The van der Waals surface area contributed by atoms with Crippen molar-refractivity contribution in [3.8, 4) is 0 Å². The number of rotatable bonds is 10. The molecule has 2 unspecified atom stereocenters. The van der Waals surface area contributed by atoms with E-state index in [1.54, 1.807) is 0 Å². The maximum absolute atomic E-state index is 4.09. The second-order valence-corrected chi connectivity index (χ2v) is 13.0. The first-order valence-electron chi connectivity index (χ1n) is 14.1. The van der Waals surface area contributed by atoms with Crippen LogP contribution in [0.4, 0.5) is 0 Å². The van der Waals surface area contributed by atoms with Gasteiger partial charge in [0, 0.05) is 52.7 Å². The first kappa shape index (κ1) is 26.8. The average Bonchev–Trinajstić information content (AvgIpc) is 3.50. The predicted octanol–water partition coefficient (Wildman–Crippen LogP) is 6.23. The number of benzene rings is 2. The van der Waals surface area contributed by atoms with Crippen LogP contribution in [0, 0.1) is 5.92 Å². The summed E-state index contributed by atoms with van der Waals surface area (Å²) in [5.74, 6) is 0.765. The Balaban J connectivity index is 1.06. The number of fused-ring (bicyclic) bond motifs is 1. The fourth-order valence-electron chi connectivity index (χ4n) is 6.76. The summed E-state index contributed by atoms with van der Waals surface area (Å²) in [5, 5.41) is 11.5. The second kappa shape index (κ2) is 13.3. The van der Waals surface area contributed by atoms with Crippen LogP contribution in [0.1, 0.15) is 62.5 Å². The highest BCUT2D eigenvalue weighted by Gasteiger charge is 2.39. The summed E-state index contributed by atoms with van der Waals surface area (Å²) in [6.45, 7) is 5.54. The monoisotopic (exact) mass is 616 g/mol. The number of hydrogen-bond acceptors (Lipinski definition) is 4. The number of hydrogen-bond donors (Lipinski definition) is 3. The third-order valence-corrected chi connectivity index (χ3v) is 9.58. The quantitative estimate of drug-likeness (QED) is 0.276. The zero-order valence-electron chi connectivity index (χ0n) is 21.4. The molecule has 0 spiro atoms. The minimum Gasteiger partial charge on any atom is -0.313 e. The average molecular weight is 619 g/mol. The molecule has 3 N–H and O–H groups in total. The zero-order chi connectivity index (χ0) is 24.7. The van der Waals surface area contributed by atoms with Crippen LogP contribution < -0.4 is 16.0 Å². The summed E-state index contributed by atoms with van der Waals surface area (Å²) in [5.41, 5.74) is 2.78. The van der Waals surface area contributed by atoms with Crippen molar-refractivity contribution in [2.45, 2.75) is 88.6 Å². The van der Waals surface area contributed by atoms with E-state index in [2.05, 4.69) is 101 Å². The lowest BCUT2D eigenvalue weighted by Gasteiger charge is -2.33. The maximum Gasteiger partial charge on any atom is 0.0265 e. The molecule has 2 aromatic carbocycles. The van der Waals surface area contributed by atoms with E-state index in [-0.39, 0.29) is 0 Å². The van der Waals surface area contributed by atoms with Crippen LogP contribution in [0.15, 0.2) is 57.5 Å². The number of halogens is 2. The summed E-state index contributed by atoms with van der Waals surface area (Å²) >= 11 is 7.23. The van der Waals surface area contributed by atoms with Gasteiger partial charge in [0.1, 0.15) is 0 Å². The molecule has 196 valence electrons. The predicted molar refractivity (Wildman–Crippen MR) is 157 cm³/mol. The van der Waals surface area contributed by atoms with E-state index in [1.165, 1.54) is 80.1 Å². The van der Waals surface area contributed by atoms with Crippen LogP contribution in [0.2, 0.25) is 0 Å². The molecule has 6 heteroatoms. The Labute approximate surface area is 234 Å². The molecule has 3 aliphatic rings. The van der Waals surface area contributed by atoms with E-state index in [9.17, 15) is 0 Å². The van der Waals surface area contributed by atoms with E-state index in [0.29, 0.717) is 24.2 Å². The Kier molecular flexibility index (Phi) is 9.95. The van der Waals surface area contributed by atoms with Gasteiger partial charge in [0.05, 0.1) is 0 Å². The van der Waals surface area contributed by atoms with Crippen LogP contribution in [0.5, 0.6) is 0 Å². The van der Waals surface area contributed by atoms with Crippen LogP contribution in [0.25, 0.3) is 0 Å². The van der Waals surface area contributed by atoms with E-state index in [4.69, 9.17) is 0 Å². The van der Waals surface area contributed by atoms with Gasteiger partial charge in [-0.3, -0.25) is 4.90 Å². The highest BCUT2D eigenvalue weighted by molar-refractivity contribution is 9.10. The van der Waals surface area contributed by atoms with Crippen LogP contribution in [-0.4, -0.2) is 48.7 Å². The molecule has 0 aromatic heterocycles. The first-order chi connectivity index (χ1) is 17.6. The molecule has 4 nitrogen and oxygen atoms in total. The van der Waals surface area contributed by atoms with E-state index in [1.807, 2.05) is 0 Å². The molecule has 2 aromatic rings. The van der Waals surface area contributed by atoms with Gasteiger partial charge in [-0.15, -0.1) is 0 Å². The molecule has 3 fully saturated rings. The van der Waals surface area contributed by atoms with Gasteiger partial charge < -0.3 is 16.0 Å². The largest absolute Gasteiger partial charge is 0.313 e. The molecule has 5 atom stereocenters. The van der Waals surface area contributed by atoms with E-state index < -0.39 is 0 Å². The summed E-state index contributed by atoms with van der Waals surface area (Å²) in [4.78, 5) is 2.82. The van der Waals surface area contributed by atoms with Gasteiger partial charge in [0.25, 0.3) is 0 Å². The molecule has 36 heavy (non-hydrogen) atoms. The van der Waals surface area contributed by atoms with Gasteiger partial charge in [-0.25, -0.2) is 0 Å². The van der Waals surface area contributed by atoms with Crippen LogP contribution in [-0.2, 0) is 13.1 Å². The fraction of sp³-hybridized carbons (Fsp3) is 0.600. The van der Waals surface area contributed by atoms with Crippen molar-refractivity contribution in [2.75, 3.05) is 19.6 Å². The van der Waals surface area contributed by atoms with Crippen LogP contribution >= 0.6 is 31.9 Å². The van der Waals surface area contributed by atoms with Crippen molar-refractivity contribution in [3.63, 3.8) is 0 Å². The van der Waals surface area contributed by atoms with E-state index in [0.717, 1.165) is 30.0 Å². The SMILES string of the molecule is Brc1cccc(CNCCCC[C@H]2CCC(C3CC[C@H]4NCC[C@H]4N(Cc4cccc(Br)c4)C3)N2)c1. The minimum absolute atomic E-state index is 0.670. The molecule has 3 aliphatic heterocycles. The fourth-order valence-corrected chi connectivity index (χ4v) is 7.65. The summed E-state index contributed by atoms with van der Waals surface area (Å²) < 4.78 is 2.35. The summed E-state index contributed by atoms with van der Waals surface area (Å²) in [6, 6.07) is 20.3. The summed E-state index contributed by atoms with van der Waals surface area (Å²) in [6.07, 6.45) is 10.6. The highest BCUT2D eigenvalue weighted by atomic mass is 79.9. The molecule has 0 bridgehead atoms. The van der Waals surface area contributed by atoms with Crippen molar-refractivity contribution in [2.24, 2.45) is 5.92 Å². The lowest BCUT2D eigenvalue weighted by atomic mass is 9.92. The molecule has 0 radical (unpaired) electrons. The zero-order valence-corrected chi connectivity index (χ0v) is 24.6. The molecule has 0 saturated carbocycles. The normalized spacial score (nSPS) is 28.8. The van der Waals surface area contributed by atoms with Gasteiger partial charge in [0.2, 0.25) is 0 Å². The molecule has 0 amide bonds. The minimum atomic E-state index is 0.670. The second-order valence-electron chi connectivity index (χ2n) is 11.2. The lowest BCUT2D eigenvalue weighted by molar-refractivity contribution is 0.155. The molecule has 0 aliphatic carbocycles.